The Labute approximate surface area is 96.3 Å². The van der Waals surface area contributed by atoms with Gasteiger partial charge in [0, 0.05) is 0 Å². The Morgan fingerprint density at radius 2 is 2.33 bits per heavy atom. The van der Waals surface area contributed by atoms with Crippen LogP contribution < -0.4 is 5.56 Å². The van der Waals surface area contributed by atoms with E-state index in [1.807, 2.05) is 0 Å². The van der Waals surface area contributed by atoms with E-state index in [-0.39, 0.29) is 10.2 Å². The third-order valence-electron chi connectivity index (χ3n) is 2.07. The molecule has 2 rings (SSSR count). The monoisotopic (exact) mass is 296 g/mol. The fourth-order valence-corrected chi connectivity index (χ4v) is 1.88. The minimum Gasteiger partial charge on any atom is -0.313 e. The van der Waals surface area contributed by atoms with Crippen LogP contribution in [-0.4, -0.2) is 15.1 Å². The van der Waals surface area contributed by atoms with Gasteiger partial charge in [-0.2, -0.15) is 0 Å². The lowest BCUT2D eigenvalue weighted by molar-refractivity contribution is 0.165. The highest BCUT2D eigenvalue weighted by atomic mass is 79.9. The molecule has 2 atom stereocenters. The van der Waals surface area contributed by atoms with E-state index in [1.54, 1.807) is 0 Å². The lowest BCUT2D eigenvalue weighted by Gasteiger charge is -2.26. The van der Waals surface area contributed by atoms with E-state index < -0.39 is 22.4 Å². The van der Waals surface area contributed by atoms with Gasteiger partial charge in [-0.05, 0) is 6.08 Å². The highest BCUT2D eigenvalue weighted by molar-refractivity contribution is 9.12. The molecular weight excluding hydrogens is 293 g/mol. The second-order valence-corrected chi connectivity index (χ2v) is 4.41. The van der Waals surface area contributed by atoms with E-state index in [4.69, 9.17) is 11.6 Å². The van der Waals surface area contributed by atoms with E-state index in [2.05, 4.69) is 25.9 Å². The predicted octanol–water partition coefficient (Wildman–Crippen LogP) is 2.43. The Balaban J connectivity index is 2.74. The summed E-state index contributed by atoms with van der Waals surface area (Å²) in [5.41, 5.74) is -1.04. The maximum atomic E-state index is 13.6. The van der Waals surface area contributed by atoms with Crippen molar-refractivity contribution in [2.24, 2.45) is 0 Å². The molecule has 0 fully saturated rings. The zero-order valence-electron chi connectivity index (χ0n) is 7.10. The summed E-state index contributed by atoms with van der Waals surface area (Å²) in [6, 6.07) is 0. The van der Waals surface area contributed by atoms with Crippen LogP contribution in [-0.2, 0) is 0 Å². The standard InChI is InChI=1S/C8H4BrClF2N2O/c9-4-1-3-5(6(11)8(4,10)12)7(15)14-2-13-3/h1-2,6H,(H,13,14,15). The van der Waals surface area contributed by atoms with Gasteiger partial charge >= 0.3 is 0 Å². The molecule has 0 radical (unpaired) electrons. The quantitative estimate of drug-likeness (QED) is 0.748. The van der Waals surface area contributed by atoms with Crippen molar-refractivity contribution in [3.63, 3.8) is 0 Å². The van der Waals surface area contributed by atoms with Crippen LogP contribution in [0.2, 0.25) is 0 Å². The molecule has 1 heterocycles. The van der Waals surface area contributed by atoms with Crippen molar-refractivity contribution >= 4 is 33.6 Å². The van der Waals surface area contributed by atoms with E-state index in [1.165, 1.54) is 6.08 Å². The minimum atomic E-state index is -2.75. The van der Waals surface area contributed by atoms with Crippen LogP contribution in [0.5, 0.6) is 0 Å². The first-order valence-corrected chi connectivity index (χ1v) is 5.09. The minimum absolute atomic E-state index is 0.0760. The van der Waals surface area contributed by atoms with Crippen LogP contribution in [0, 0.1) is 0 Å². The van der Waals surface area contributed by atoms with Crippen LogP contribution >= 0.6 is 27.5 Å². The molecule has 0 saturated carbocycles. The number of aromatic nitrogens is 2. The van der Waals surface area contributed by atoms with Gasteiger partial charge < -0.3 is 4.98 Å². The Hall–Kier alpha value is -0.750. The Kier molecular flexibility index (Phi) is 2.42. The van der Waals surface area contributed by atoms with Gasteiger partial charge in [0.1, 0.15) is 0 Å². The molecule has 0 saturated heterocycles. The molecule has 3 nitrogen and oxygen atoms in total. The smallest absolute Gasteiger partial charge is 0.257 e. The summed E-state index contributed by atoms with van der Waals surface area (Å²) >= 11 is 8.14. The molecule has 0 amide bonds. The SMILES string of the molecule is O=c1[nH]cnc2c1C(F)C(F)(Cl)C(Br)=C2. The average molecular weight is 297 g/mol. The van der Waals surface area contributed by atoms with Gasteiger partial charge in [-0.3, -0.25) is 4.79 Å². The number of nitrogens with one attached hydrogen (secondary N) is 1. The highest BCUT2D eigenvalue weighted by Crippen LogP contribution is 2.48. The predicted molar refractivity (Wildman–Crippen MR) is 55.3 cm³/mol. The number of alkyl halides is 3. The van der Waals surface area contributed by atoms with E-state index in [0.29, 0.717) is 0 Å². The third kappa shape index (κ3) is 1.52. The van der Waals surface area contributed by atoms with Crippen molar-refractivity contribution in [2.75, 3.05) is 0 Å². The molecule has 1 aromatic rings. The van der Waals surface area contributed by atoms with Crippen molar-refractivity contribution in [1.29, 1.82) is 0 Å². The molecule has 0 spiro atoms. The molecule has 7 heteroatoms. The zero-order chi connectivity index (χ0) is 11.2. The molecule has 1 aliphatic carbocycles. The molecule has 1 N–H and O–H groups in total. The van der Waals surface area contributed by atoms with E-state index >= 15 is 0 Å². The number of nitrogens with zero attached hydrogens (tertiary/aromatic N) is 1. The van der Waals surface area contributed by atoms with Gasteiger partial charge in [0.25, 0.3) is 10.7 Å². The second kappa shape index (κ2) is 3.38. The van der Waals surface area contributed by atoms with E-state index in [9.17, 15) is 13.6 Å². The number of rotatable bonds is 0. The van der Waals surface area contributed by atoms with Gasteiger partial charge in [0.2, 0.25) is 0 Å². The lowest BCUT2D eigenvalue weighted by Crippen LogP contribution is -2.32. The molecule has 80 valence electrons. The lowest BCUT2D eigenvalue weighted by atomic mass is 9.99. The number of hydrogen-bond acceptors (Lipinski definition) is 2. The zero-order valence-corrected chi connectivity index (χ0v) is 9.44. The van der Waals surface area contributed by atoms with Crippen molar-refractivity contribution in [1.82, 2.24) is 9.97 Å². The van der Waals surface area contributed by atoms with Gasteiger partial charge in [-0.1, -0.05) is 27.5 Å². The summed E-state index contributed by atoms with van der Waals surface area (Å²) in [7, 11) is 0. The van der Waals surface area contributed by atoms with Gasteiger partial charge in [-0.25, -0.2) is 13.8 Å². The van der Waals surface area contributed by atoms with Crippen molar-refractivity contribution < 1.29 is 8.78 Å². The first-order chi connectivity index (χ1) is 6.94. The number of hydrogen-bond donors (Lipinski definition) is 1. The van der Waals surface area contributed by atoms with Crippen LogP contribution in [0.3, 0.4) is 0 Å². The number of aromatic amines is 1. The summed E-state index contributed by atoms with van der Waals surface area (Å²) in [5, 5.41) is -2.75. The number of H-pyrrole nitrogens is 1. The molecule has 1 aromatic heterocycles. The summed E-state index contributed by atoms with van der Waals surface area (Å²) < 4.78 is 27.1. The van der Waals surface area contributed by atoms with Crippen molar-refractivity contribution in [3.8, 4) is 0 Å². The molecule has 0 bridgehead atoms. The maximum absolute atomic E-state index is 13.6. The fraction of sp³-hybridized carbons (Fsp3) is 0.250. The van der Waals surface area contributed by atoms with Crippen LogP contribution in [0.4, 0.5) is 8.78 Å². The van der Waals surface area contributed by atoms with Crippen molar-refractivity contribution in [3.05, 3.63) is 32.4 Å². The number of fused-ring (bicyclic) bond motifs is 1. The highest BCUT2D eigenvalue weighted by Gasteiger charge is 2.47. The van der Waals surface area contributed by atoms with E-state index in [0.717, 1.165) is 6.33 Å². The number of halogens is 4. The van der Waals surface area contributed by atoms with Crippen LogP contribution in [0.25, 0.3) is 6.08 Å². The molecule has 0 aromatic carbocycles. The maximum Gasteiger partial charge on any atom is 0.257 e. The molecule has 1 aliphatic rings. The molecular formula is C8H4BrClF2N2O. The van der Waals surface area contributed by atoms with Gasteiger partial charge in [0.15, 0.2) is 6.17 Å². The topological polar surface area (TPSA) is 45.8 Å². The number of allylic oxidation sites excluding steroid dienone is 1. The third-order valence-corrected chi connectivity index (χ3v) is 3.50. The molecule has 2 unspecified atom stereocenters. The fourth-order valence-electron chi connectivity index (χ4n) is 1.30. The second-order valence-electron chi connectivity index (χ2n) is 3.01. The van der Waals surface area contributed by atoms with Gasteiger partial charge in [0.05, 0.1) is 22.1 Å². The summed E-state index contributed by atoms with van der Waals surface area (Å²) in [6.45, 7) is 0. The normalized spacial score (nSPS) is 29.6. The Bertz CT molecular complexity index is 500. The van der Waals surface area contributed by atoms with Gasteiger partial charge in [-0.15, -0.1) is 0 Å². The molecule has 15 heavy (non-hydrogen) atoms. The Morgan fingerprint density at radius 1 is 1.67 bits per heavy atom. The molecule has 0 aliphatic heterocycles. The van der Waals surface area contributed by atoms with Crippen LogP contribution in [0.15, 0.2) is 15.6 Å². The first-order valence-electron chi connectivity index (χ1n) is 3.91. The summed E-state index contributed by atoms with van der Waals surface area (Å²) in [5.74, 6) is 0. The first kappa shape index (κ1) is 10.8. The van der Waals surface area contributed by atoms with Crippen LogP contribution in [0.1, 0.15) is 17.4 Å². The summed E-state index contributed by atoms with van der Waals surface area (Å²) in [4.78, 5) is 17.1. The summed E-state index contributed by atoms with van der Waals surface area (Å²) in [6.07, 6.45) is 0.0589. The average Bonchev–Trinajstić information content (AvgIpc) is 2.15. The van der Waals surface area contributed by atoms with Crippen molar-refractivity contribution in [2.45, 2.75) is 11.3 Å². The largest absolute Gasteiger partial charge is 0.313 e. The Morgan fingerprint density at radius 3 is 3.00 bits per heavy atom.